The molecule has 1 heterocycles. The molecule has 0 radical (unpaired) electrons. The number of nitrogens with one attached hydrogen (secondary N) is 1. The third-order valence-electron chi connectivity index (χ3n) is 2.47. The Labute approximate surface area is 124 Å². The first-order valence-corrected chi connectivity index (χ1v) is 7.36. The van der Waals surface area contributed by atoms with Crippen molar-refractivity contribution in [3.8, 4) is 5.75 Å². The molecule has 7 nitrogen and oxygen atoms in total. The van der Waals surface area contributed by atoms with Crippen LogP contribution in [0.3, 0.4) is 0 Å². The van der Waals surface area contributed by atoms with Gasteiger partial charge in [0.25, 0.3) is 10.0 Å². The van der Waals surface area contributed by atoms with E-state index in [0.717, 1.165) is 18.2 Å². The summed E-state index contributed by atoms with van der Waals surface area (Å²) < 4.78 is 26.4. The summed E-state index contributed by atoms with van der Waals surface area (Å²) in [6.07, 6.45) is 1.32. The molecule has 0 aliphatic rings. The van der Waals surface area contributed by atoms with E-state index in [4.69, 9.17) is 16.7 Å². The molecule has 2 aromatic rings. The molecule has 110 valence electrons. The van der Waals surface area contributed by atoms with Gasteiger partial charge >= 0.3 is 5.97 Å². The van der Waals surface area contributed by atoms with Gasteiger partial charge < -0.3 is 10.2 Å². The van der Waals surface area contributed by atoms with Crippen LogP contribution in [-0.4, -0.2) is 29.6 Å². The molecule has 0 amide bonds. The Morgan fingerprint density at radius 1 is 1.24 bits per heavy atom. The Hall–Kier alpha value is -2.32. The number of carboxylic acid groups (broad SMARTS) is 1. The number of carboxylic acids is 1. The van der Waals surface area contributed by atoms with Gasteiger partial charge in [-0.25, -0.2) is 18.2 Å². The molecule has 1 aromatic heterocycles. The van der Waals surface area contributed by atoms with Crippen LogP contribution in [0.15, 0.2) is 41.4 Å². The number of aromatic nitrogens is 1. The maximum absolute atomic E-state index is 12.1. The Balaban J connectivity index is 2.40. The maximum atomic E-state index is 12.1. The first-order chi connectivity index (χ1) is 9.79. The van der Waals surface area contributed by atoms with Gasteiger partial charge in [0.1, 0.15) is 17.1 Å². The zero-order valence-electron chi connectivity index (χ0n) is 10.3. The van der Waals surface area contributed by atoms with Crippen LogP contribution in [0.2, 0.25) is 5.02 Å². The number of phenols is 1. The predicted octanol–water partition coefficient (Wildman–Crippen LogP) is 1.94. The first-order valence-electron chi connectivity index (χ1n) is 5.50. The number of hydrogen-bond donors (Lipinski definition) is 3. The van der Waals surface area contributed by atoms with Gasteiger partial charge in [0, 0.05) is 17.3 Å². The molecular weight excluding hydrogens is 320 g/mol. The highest BCUT2D eigenvalue weighted by Crippen LogP contribution is 2.23. The van der Waals surface area contributed by atoms with Gasteiger partial charge in [-0.3, -0.25) is 4.72 Å². The number of benzene rings is 1. The first kappa shape index (κ1) is 15.1. The van der Waals surface area contributed by atoms with E-state index >= 15 is 0 Å². The number of hydrogen-bond acceptors (Lipinski definition) is 5. The molecular formula is C12H9ClN2O5S. The third kappa shape index (κ3) is 3.41. The van der Waals surface area contributed by atoms with E-state index in [1.807, 2.05) is 0 Å². The van der Waals surface area contributed by atoms with Crippen LogP contribution in [-0.2, 0) is 10.0 Å². The van der Waals surface area contributed by atoms with Gasteiger partial charge in [-0.05, 0) is 24.3 Å². The molecule has 2 rings (SSSR count). The maximum Gasteiger partial charge on any atom is 0.339 e. The number of anilines is 1. The van der Waals surface area contributed by atoms with Crippen LogP contribution in [0.1, 0.15) is 10.4 Å². The third-order valence-corrected chi connectivity index (χ3v) is 4.06. The molecule has 21 heavy (non-hydrogen) atoms. The summed E-state index contributed by atoms with van der Waals surface area (Å²) in [6.45, 7) is 0. The zero-order chi connectivity index (χ0) is 15.6. The second-order valence-corrected chi connectivity index (χ2v) is 6.07. The molecule has 0 fully saturated rings. The minimum Gasteiger partial charge on any atom is -0.507 e. The lowest BCUT2D eigenvalue weighted by Gasteiger charge is -2.08. The van der Waals surface area contributed by atoms with Gasteiger partial charge in [0.2, 0.25) is 0 Å². The number of halogens is 1. The molecule has 0 saturated carbocycles. The molecule has 0 atom stereocenters. The number of sulfonamides is 1. The Bertz CT molecular complexity index is 807. The summed E-state index contributed by atoms with van der Waals surface area (Å²) in [5.74, 6) is -1.97. The topological polar surface area (TPSA) is 117 Å². The highest BCUT2D eigenvalue weighted by molar-refractivity contribution is 7.92. The van der Waals surface area contributed by atoms with Gasteiger partial charge in [-0.15, -0.1) is 0 Å². The SMILES string of the molecule is O=C(O)c1cc(S(=O)(=O)Nc2cc(Cl)ccn2)ccc1O. The minimum absolute atomic E-state index is 0.00699. The van der Waals surface area contributed by atoms with Crippen LogP contribution >= 0.6 is 11.6 Å². The summed E-state index contributed by atoms with van der Waals surface area (Å²) in [7, 11) is -4.05. The quantitative estimate of drug-likeness (QED) is 0.789. The van der Waals surface area contributed by atoms with Crippen molar-refractivity contribution < 1.29 is 23.4 Å². The van der Waals surface area contributed by atoms with E-state index in [-0.39, 0.29) is 10.7 Å². The van der Waals surface area contributed by atoms with Crippen LogP contribution in [0.5, 0.6) is 5.75 Å². The van der Waals surface area contributed by atoms with Gasteiger partial charge in [0.15, 0.2) is 0 Å². The summed E-state index contributed by atoms with van der Waals surface area (Å²) in [6, 6.07) is 5.70. The van der Waals surface area contributed by atoms with Gasteiger partial charge in [0.05, 0.1) is 4.90 Å². The number of pyridine rings is 1. The minimum atomic E-state index is -4.05. The lowest BCUT2D eigenvalue weighted by Crippen LogP contribution is -2.14. The molecule has 1 aromatic carbocycles. The van der Waals surface area contributed by atoms with E-state index in [9.17, 15) is 18.3 Å². The number of nitrogens with zero attached hydrogens (tertiary/aromatic N) is 1. The largest absolute Gasteiger partial charge is 0.507 e. The van der Waals surface area contributed by atoms with Crippen LogP contribution in [0, 0.1) is 0 Å². The fourth-order valence-electron chi connectivity index (χ4n) is 1.51. The molecule has 0 aliphatic heterocycles. The van der Waals surface area contributed by atoms with Crippen LogP contribution < -0.4 is 4.72 Å². The van der Waals surface area contributed by atoms with Crippen molar-refractivity contribution in [3.05, 3.63) is 47.1 Å². The van der Waals surface area contributed by atoms with Crippen molar-refractivity contribution in [2.75, 3.05) is 4.72 Å². The Morgan fingerprint density at radius 2 is 1.95 bits per heavy atom. The van der Waals surface area contributed by atoms with Crippen molar-refractivity contribution >= 4 is 33.4 Å². The van der Waals surface area contributed by atoms with E-state index < -0.39 is 27.3 Å². The molecule has 3 N–H and O–H groups in total. The fraction of sp³-hybridized carbons (Fsp3) is 0. The monoisotopic (exact) mass is 328 g/mol. The van der Waals surface area contributed by atoms with E-state index in [0.29, 0.717) is 5.02 Å². The number of aromatic carboxylic acids is 1. The van der Waals surface area contributed by atoms with Gasteiger partial charge in [-0.2, -0.15) is 0 Å². The average molecular weight is 329 g/mol. The molecule has 0 unspecified atom stereocenters. The average Bonchev–Trinajstić information content (AvgIpc) is 2.38. The normalized spacial score (nSPS) is 11.1. The number of rotatable bonds is 4. The molecule has 0 saturated heterocycles. The predicted molar refractivity (Wildman–Crippen MR) is 75.1 cm³/mol. The number of aromatic hydroxyl groups is 1. The molecule has 0 bridgehead atoms. The van der Waals surface area contributed by atoms with Crippen molar-refractivity contribution in [3.63, 3.8) is 0 Å². The van der Waals surface area contributed by atoms with E-state index in [2.05, 4.69) is 9.71 Å². The molecule has 0 aliphatic carbocycles. The number of carbonyl (C=O) groups is 1. The standard InChI is InChI=1S/C12H9ClN2O5S/c13-7-3-4-14-11(5-7)15-21(19,20)8-1-2-10(16)9(6-8)12(17)18/h1-6,16H,(H,14,15)(H,17,18). The smallest absolute Gasteiger partial charge is 0.339 e. The van der Waals surface area contributed by atoms with E-state index in [1.165, 1.54) is 18.3 Å². The Morgan fingerprint density at radius 3 is 2.57 bits per heavy atom. The summed E-state index contributed by atoms with van der Waals surface area (Å²) in [4.78, 5) is 14.4. The second kappa shape index (κ2) is 5.58. The lowest BCUT2D eigenvalue weighted by molar-refractivity contribution is 0.0693. The van der Waals surface area contributed by atoms with Crippen LogP contribution in [0.25, 0.3) is 0 Å². The van der Waals surface area contributed by atoms with Gasteiger partial charge in [-0.1, -0.05) is 11.6 Å². The summed E-state index contributed by atoms with van der Waals surface area (Å²) in [5, 5.41) is 18.5. The zero-order valence-corrected chi connectivity index (χ0v) is 11.9. The fourth-order valence-corrected chi connectivity index (χ4v) is 2.70. The lowest BCUT2D eigenvalue weighted by atomic mass is 10.2. The second-order valence-electron chi connectivity index (χ2n) is 3.95. The summed E-state index contributed by atoms with van der Waals surface area (Å²) >= 11 is 5.72. The van der Waals surface area contributed by atoms with Crippen LogP contribution in [0.4, 0.5) is 5.82 Å². The Kier molecular flexibility index (Phi) is 4.01. The highest BCUT2D eigenvalue weighted by atomic mass is 35.5. The molecule has 9 heteroatoms. The van der Waals surface area contributed by atoms with E-state index in [1.54, 1.807) is 0 Å². The van der Waals surface area contributed by atoms with Crippen molar-refractivity contribution in [2.45, 2.75) is 4.90 Å². The summed E-state index contributed by atoms with van der Waals surface area (Å²) in [5.41, 5.74) is -0.517. The van der Waals surface area contributed by atoms with Crippen molar-refractivity contribution in [1.82, 2.24) is 4.98 Å². The highest BCUT2D eigenvalue weighted by Gasteiger charge is 2.19. The van der Waals surface area contributed by atoms with Crippen molar-refractivity contribution in [2.24, 2.45) is 0 Å². The molecule has 0 spiro atoms. The van der Waals surface area contributed by atoms with Crippen molar-refractivity contribution in [1.29, 1.82) is 0 Å².